The minimum absolute atomic E-state index is 0.0574. The van der Waals surface area contributed by atoms with E-state index in [0.717, 1.165) is 12.3 Å². The number of rotatable bonds is 3. The predicted octanol–water partition coefficient (Wildman–Crippen LogP) is 4.68. The molecule has 2 aromatic carbocycles. The lowest BCUT2D eigenvalue weighted by molar-refractivity contribution is -0.137. The highest BCUT2D eigenvalue weighted by molar-refractivity contribution is 7.80. The SMILES string of the molecule is FC(F)(F)c1ccccc1/C=N/NC(=S)Nc1cccc(Cl)c1. The molecule has 2 N–H and O–H groups in total. The van der Waals surface area contributed by atoms with Gasteiger partial charge in [0.25, 0.3) is 0 Å². The van der Waals surface area contributed by atoms with Crippen LogP contribution in [0.15, 0.2) is 53.6 Å². The number of nitrogens with one attached hydrogen (secondary N) is 2. The van der Waals surface area contributed by atoms with Crippen LogP contribution in [0.1, 0.15) is 11.1 Å². The van der Waals surface area contributed by atoms with E-state index in [-0.39, 0.29) is 10.7 Å². The lowest BCUT2D eigenvalue weighted by Crippen LogP contribution is -2.24. The molecule has 0 aliphatic carbocycles. The second-order valence-electron chi connectivity index (χ2n) is 4.42. The van der Waals surface area contributed by atoms with Crippen molar-refractivity contribution < 1.29 is 13.2 Å². The molecule has 0 unspecified atom stereocenters. The van der Waals surface area contributed by atoms with Crippen LogP contribution in [0.25, 0.3) is 0 Å². The fraction of sp³-hybridized carbons (Fsp3) is 0.0667. The minimum Gasteiger partial charge on any atom is -0.331 e. The highest BCUT2D eigenvalue weighted by Gasteiger charge is 2.32. The van der Waals surface area contributed by atoms with Gasteiger partial charge in [0.05, 0.1) is 11.8 Å². The topological polar surface area (TPSA) is 36.4 Å². The number of thiocarbonyl (C=S) groups is 1. The van der Waals surface area contributed by atoms with Crippen LogP contribution in [0.4, 0.5) is 18.9 Å². The maximum Gasteiger partial charge on any atom is 0.417 e. The molecule has 2 aromatic rings. The molecule has 0 saturated heterocycles. The first kappa shape index (κ1) is 17.2. The van der Waals surface area contributed by atoms with Crippen molar-refractivity contribution in [2.45, 2.75) is 6.18 Å². The van der Waals surface area contributed by atoms with Gasteiger partial charge in [-0.2, -0.15) is 18.3 Å². The fourth-order valence-electron chi connectivity index (χ4n) is 1.75. The zero-order valence-corrected chi connectivity index (χ0v) is 13.1. The summed E-state index contributed by atoms with van der Waals surface area (Å²) in [5.41, 5.74) is 2.27. The minimum atomic E-state index is -4.44. The van der Waals surface area contributed by atoms with Gasteiger partial charge in [0, 0.05) is 16.3 Å². The Labute approximate surface area is 141 Å². The molecule has 0 aromatic heterocycles. The smallest absolute Gasteiger partial charge is 0.331 e. The molecule has 3 nitrogen and oxygen atoms in total. The molecule has 0 aliphatic rings. The second-order valence-corrected chi connectivity index (χ2v) is 5.26. The third-order valence-corrected chi connectivity index (χ3v) is 3.15. The van der Waals surface area contributed by atoms with Gasteiger partial charge in [0.2, 0.25) is 0 Å². The van der Waals surface area contributed by atoms with Gasteiger partial charge in [0.15, 0.2) is 5.11 Å². The number of hydrogen-bond donors (Lipinski definition) is 2. The van der Waals surface area contributed by atoms with Gasteiger partial charge < -0.3 is 5.32 Å². The molecule has 2 rings (SSSR count). The molecule has 23 heavy (non-hydrogen) atoms. The van der Waals surface area contributed by atoms with E-state index in [1.54, 1.807) is 24.3 Å². The fourth-order valence-corrected chi connectivity index (χ4v) is 2.11. The maximum atomic E-state index is 12.8. The Balaban J connectivity index is 2.01. The van der Waals surface area contributed by atoms with Gasteiger partial charge in [-0.3, -0.25) is 5.43 Å². The van der Waals surface area contributed by atoms with Crippen molar-refractivity contribution in [1.82, 2.24) is 5.43 Å². The van der Waals surface area contributed by atoms with Crippen LogP contribution in [0.5, 0.6) is 0 Å². The Bertz CT molecular complexity index is 732. The monoisotopic (exact) mass is 357 g/mol. The molecule has 8 heteroatoms. The average molecular weight is 358 g/mol. The normalized spacial score (nSPS) is 11.5. The summed E-state index contributed by atoms with van der Waals surface area (Å²) < 4.78 is 38.5. The zero-order chi connectivity index (χ0) is 16.9. The molecule has 0 atom stereocenters. The molecule has 120 valence electrons. The van der Waals surface area contributed by atoms with Crippen LogP contribution < -0.4 is 10.7 Å². The number of hydrazone groups is 1. The molecule has 0 heterocycles. The van der Waals surface area contributed by atoms with Crippen LogP contribution in [-0.4, -0.2) is 11.3 Å². The van der Waals surface area contributed by atoms with E-state index in [2.05, 4.69) is 15.8 Å². The van der Waals surface area contributed by atoms with Crippen LogP contribution in [0.2, 0.25) is 5.02 Å². The van der Waals surface area contributed by atoms with Crippen molar-refractivity contribution in [3.05, 3.63) is 64.7 Å². The lowest BCUT2D eigenvalue weighted by atomic mass is 10.1. The highest BCUT2D eigenvalue weighted by Crippen LogP contribution is 2.31. The summed E-state index contributed by atoms with van der Waals surface area (Å²) in [5.74, 6) is 0. The first-order valence-electron chi connectivity index (χ1n) is 6.38. The van der Waals surface area contributed by atoms with Crippen LogP contribution in [0.3, 0.4) is 0 Å². The summed E-state index contributed by atoms with van der Waals surface area (Å²) in [4.78, 5) is 0. The van der Waals surface area contributed by atoms with Gasteiger partial charge in [-0.25, -0.2) is 0 Å². The Morgan fingerprint density at radius 3 is 2.57 bits per heavy atom. The summed E-state index contributed by atoms with van der Waals surface area (Å²) in [5, 5.41) is 7.20. The van der Waals surface area contributed by atoms with E-state index in [9.17, 15) is 13.2 Å². The molecule has 0 radical (unpaired) electrons. The Hall–Kier alpha value is -2.12. The van der Waals surface area contributed by atoms with Gasteiger partial charge in [-0.05, 0) is 36.5 Å². The molecule has 0 amide bonds. The standard InChI is InChI=1S/C15H11ClF3N3S/c16-11-5-3-6-12(8-11)21-14(23)22-20-9-10-4-1-2-7-13(10)15(17,18)19/h1-9H,(H2,21,22,23)/b20-9+. The van der Waals surface area contributed by atoms with E-state index >= 15 is 0 Å². The highest BCUT2D eigenvalue weighted by atomic mass is 35.5. The largest absolute Gasteiger partial charge is 0.417 e. The van der Waals surface area contributed by atoms with Crippen molar-refractivity contribution in [2.75, 3.05) is 5.32 Å². The third kappa shape index (κ3) is 5.22. The first-order chi connectivity index (χ1) is 10.9. The second kappa shape index (κ2) is 7.43. The van der Waals surface area contributed by atoms with Crippen LogP contribution in [-0.2, 0) is 6.18 Å². The Kier molecular flexibility index (Phi) is 5.57. The van der Waals surface area contributed by atoms with Gasteiger partial charge in [0.1, 0.15) is 0 Å². The molecular formula is C15H11ClF3N3S. The van der Waals surface area contributed by atoms with E-state index in [0.29, 0.717) is 10.7 Å². The Morgan fingerprint density at radius 2 is 1.87 bits per heavy atom. The van der Waals surface area contributed by atoms with Crippen LogP contribution >= 0.6 is 23.8 Å². The third-order valence-electron chi connectivity index (χ3n) is 2.72. The summed E-state index contributed by atoms with van der Waals surface area (Å²) in [6.45, 7) is 0. The summed E-state index contributed by atoms with van der Waals surface area (Å²) in [7, 11) is 0. The molecule has 0 bridgehead atoms. The van der Waals surface area contributed by atoms with Crippen molar-refractivity contribution in [3.8, 4) is 0 Å². The number of halogens is 4. The van der Waals surface area contributed by atoms with Crippen molar-refractivity contribution in [2.24, 2.45) is 5.10 Å². The Morgan fingerprint density at radius 1 is 1.13 bits per heavy atom. The molecule has 0 saturated carbocycles. The van der Waals surface area contributed by atoms with Crippen molar-refractivity contribution in [1.29, 1.82) is 0 Å². The van der Waals surface area contributed by atoms with E-state index in [4.69, 9.17) is 23.8 Å². The molecule has 0 aliphatic heterocycles. The van der Waals surface area contributed by atoms with Crippen molar-refractivity contribution in [3.63, 3.8) is 0 Å². The molecule has 0 fully saturated rings. The summed E-state index contributed by atoms with van der Waals surface area (Å²) in [6.07, 6.45) is -3.38. The summed E-state index contributed by atoms with van der Waals surface area (Å²) in [6, 6.07) is 12.0. The maximum absolute atomic E-state index is 12.8. The lowest BCUT2D eigenvalue weighted by Gasteiger charge is -2.10. The molecular weight excluding hydrogens is 347 g/mol. The number of alkyl halides is 3. The summed E-state index contributed by atoms with van der Waals surface area (Å²) >= 11 is 10.8. The van der Waals surface area contributed by atoms with E-state index in [1.165, 1.54) is 18.2 Å². The predicted molar refractivity (Wildman–Crippen MR) is 89.8 cm³/mol. The number of benzene rings is 2. The number of nitrogens with zero attached hydrogens (tertiary/aromatic N) is 1. The van der Waals surface area contributed by atoms with Gasteiger partial charge in [-0.15, -0.1) is 0 Å². The van der Waals surface area contributed by atoms with Crippen molar-refractivity contribution >= 4 is 40.8 Å². The number of anilines is 1. The van der Waals surface area contributed by atoms with E-state index in [1.807, 2.05) is 0 Å². The quantitative estimate of drug-likeness (QED) is 0.476. The van der Waals surface area contributed by atoms with Gasteiger partial charge >= 0.3 is 6.18 Å². The average Bonchev–Trinajstić information content (AvgIpc) is 2.46. The first-order valence-corrected chi connectivity index (χ1v) is 7.17. The molecule has 0 spiro atoms. The van der Waals surface area contributed by atoms with E-state index < -0.39 is 11.7 Å². The van der Waals surface area contributed by atoms with Gasteiger partial charge in [-0.1, -0.05) is 35.9 Å². The van der Waals surface area contributed by atoms with Crippen LogP contribution in [0, 0.1) is 0 Å². The number of hydrogen-bond acceptors (Lipinski definition) is 2. The zero-order valence-electron chi connectivity index (χ0n) is 11.6.